The van der Waals surface area contributed by atoms with Crippen LogP contribution in [0.15, 0.2) is 24.8 Å². The molecule has 0 N–H and O–H groups in total. The quantitative estimate of drug-likeness (QED) is 0.582. The molecule has 2 rings (SSSR count). The predicted molar refractivity (Wildman–Crippen MR) is 49.9 cm³/mol. The van der Waals surface area contributed by atoms with Crippen molar-refractivity contribution in [3.05, 3.63) is 24.8 Å². The highest BCUT2D eigenvalue weighted by atomic mass is 16.5. The van der Waals surface area contributed by atoms with E-state index in [1.54, 1.807) is 0 Å². The van der Waals surface area contributed by atoms with Gasteiger partial charge >= 0.3 is 0 Å². The van der Waals surface area contributed by atoms with Crippen LogP contribution < -0.4 is 0 Å². The normalized spacial score (nSPS) is 43.8. The second-order valence-corrected chi connectivity index (χ2v) is 4.25. The highest BCUT2D eigenvalue weighted by Crippen LogP contribution is 2.49. The van der Waals surface area contributed by atoms with Crippen molar-refractivity contribution in [1.29, 1.82) is 0 Å². The maximum Gasteiger partial charge on any atom is 0.0650 e. The van der Waals surface area contributed by atoms with Gasteiger partial charge < -0.3 is 4.74 Å². The lowest BCUT2D eigenvalue weighted by Crippen LogP contribution is -2.19. The van der Waals surface area contributed by atoms with E-state index in [0.29, 0.717) is 24.0 Å². The van der Waals surface area contributed by atoms with Gasteiger partial charge in [-0.25, -0.2) is 0 Å². The zero-order valence-electron chi connectivity index (χ0n) is 7.62. The molecule has 0 radical (unpaired) electrons. The molecule has 0 amide bonds. The van der Waals surface area contributed by atoms with E-state index >= 15 is 0 Å². The Morgan fingerprint density at radius 1 is 1.67 bits per heavy atom. The Morgan fingerprint density at radius 2 is 2.50 bits per heavy atom. The monoisotopic (exact) mass is 164 g/mol. The van der Waals surface area contributed by atoms with E-state index in [-0.39, 0.29) is 0 Å². The molecule has 2 bridgehead atoms. The highest BCUT2D eigenvalue weighted by Gasteiger charge is 2.44. The second kappa shape index (κ2) is 2.74. The number of rotatable bonds is 3. The van der Waals surface area contributed by atoms with E-state index in [0.717, 1.165) is 0 Å². The molecule has 3 atom stereocenters. The maximum atomic E-state index is 5.68. The van der Waals surface area contributed by atoms with Crippen LogP contribution in [0.25, 0.3) is 0 Å². The molecule has 2 aliphatic rings. The molecular weight excluding hydrogens is 148 g/mol. The summed E-state index contributed by atoms with van der Waals surface area (Å²) < 4.78 is 5.68. The molecule has 12 heavy (non-hydrogen) atoms. The Morgan fingerprint density at radius 3 is 3.00 bits per heavy atom. The summed E-state index contributed by atoms with van der Waals surface area (Å²) in [6.45, 7) is 6.68. The van der Waals surface area contributed by atoms with Gasteiger partial charge in [-0.05, 0) is 18.3 Å². The first-order valence-electron chi connectivity index (χ1n) is 4.65. The van der Waals surface area contributed by atoms with Gasteiger partial charge in [-0.2, -0.15) is 0 Å². The third-order valence-corrected chi connectivity index (χ3v) is 3.02. The van der Waals surface area contributed by atoms with Crippen molar-refractivity contribution < 1.29 is 4.74 Å². The van der Waals surface area contributed by atoms with Gasteiger partial charge in [-0.3, -0.25) is 0 Å². The van der Waals surface area contributed by atoms with E-state index in [9.17, 15) is 0 Å². The molecule has 0 spiro atoms. The molecule has 3 unspecified atom stereocenters. The SMILES string of the molecule is C=CCOC1CC2(C)C=CC1C2. The first-order valence-corrected chi connectivity index (χ1v) is 4.65. The molecule has 1 nitrogen and oxygen atoms in total. The molecule has 1 fully saturated rings. The minimum absolute atomic E-state index is 0.441. The van der Waals surface area contributed by atoms with Crippen LogP contribution in [0.3, 0.4) is 0 Å². The molecule has 66 valence electrons. The Bertz CT molecular complexity index is 219. The Kier molecular flexibility index (Phi) is 1.84. The van der Waals surface area contributed by atoms with Gasteiger partial charge in [0, 0.05) is 5.92 Å². The largest absolute Gasteiger partial charge is 0.374 e. The molecule has 0 aromatic carbocycles. The number of hydrogen-bond donors (Lipinski definition) is 0. The van der Waals surface area contributed by atoms with Crippen molar-refractivity contribution in [1.82, 2.24) is 0 Å². The summed E-state index contributed by atoms with van der Waals surface area (Å²) in [5.74, 6) is 0.676. The summed E-state index contributed by atoms with van der Waals surface area (Å²) in [4.78, 5) is 0. The fourth-order valence-electron chi connectivity index (χ4n) is 2.42. The lowest BCUT2D eigenvalue weighted by atomic mass is 9.90. The van der Waals surface area contributed by atoms with Gasteiger partial charge in [0.1, 0.15) is 0 Å². The van der Waals surface area contributed by atoms with Crippen molar-refractivity contribution in [2.45, 2.75) is 25.9 Å². The molecule has 1 saturated carbocycles. The topological polar surface area (TPSA) is 9.23 Å². The van der Waals surface area contributed by atoms with E-state index in [1.807, 2.05) is 6.08 Å². The van der Waals surface area contributed by atoms with Crippen LogP contribution >= 0.6 is 0 Å². The first-order chi connectivity index (χ1) is 5.73. The molecule has 0 heterocycles. The van der Waals surface area contributed by atoms with Gasteiger partial charge in [0.05, 0.1) is 12.7 Å². The van der Waals surface area contributed by atoms with E-state index < -0.39 is 0 Å². The van der Waals surface area contributed by atoms with Gasteiger partial charge in [0.25, 0.3) is 0 Å². The summed E-state index contributed by atoms with van der Waals surface area (Å²) in [5, 5.41) is 0. The first kappa shape index (κ1) is 8.06. The number of allylic oxidation sites excluding steroid dienone is 1. The smallest absolute Gasteiger partial charge is 0.0650 e. The van der Waals surface area contributed by atoms with E-state index in [1.165, 1.54) is 12.8 Å². The molecule has 0 aromatic heterocycles. The fourth-order valence-corrected chi connectivity index (χ4v) is 2.42. The third kappa shape index (κ3) is 1.22. The van der Waals surface area contributed by atoms with Gasteiger partial charge in [0.2, 0.25) is 0 Å². The van der Waals surface area contributed by atoms with Crippen molar-refractivity contribution in [3.63, 3.8) is 0 Å². The molecule has 1 heteroatoms. The summed E-state index contributed by atoms with van der Waals surface area (Å²) >= 11 is 0. The Labute approximate surface area is 74.1 Å². The van der Waals surface area contributed by atoms with Crippen molar-refractivity contribution in [3.8, 4) is 0 Å². The molecule has 0 aromatic rings. The van der Waals surface area contributed by atoms with Crippen LogP contribution in [0, 0.1) is 11.3 Å². The van der Waals surface area contributed by atoms with Crippen LogP contribution in [0.4, 0.5) is 0 Å². The van der Waals surface area contributed by atoms with Crippen LogP contribution in [0.5, 0.6) is 0 Å². The lowest BCUT2D eigenvalue weighted by Gasteiger charge is -2.21. The average Bonchev–Trinajstić information content (AvgIpc) is 2.55. The van der Waals surface area contributed by atoms with Crippen LogP contribution in [0.2, 0.25) is 0 Å². The molecular formula is C11H16O. The second-order valence-electron chi connectivity index (χ2n) is 4.25. The minimum atomic E-state index is 0.441. The third-order valence-electron chi connectivity index (χ3n) is 3.02. The Balaban J connectivity index is 1.96. The lowest BCUT2D eigenvalue weighted by molar-refractivity contribution is 0.0526. The molecule has 0 saturated heterocycles. The van der Waals surface area contributed by atoms with Crippen molar-refractivity contribution in [2.24, 2.45) is 11.3 Å². The summed E-state index contributed by atoms with van der Waals surface area (Å²) in [5.41, 5.74) is 0.441. The zero-order valence-corrected chi connectivity index (χ0v) is 7.62. The molecule has 0 aliphatic heterocycles. The maximum absolute atomic E-state index is 5.68. The Hall–Kier alpha value is -0.560. The zero-order chi connectivity index (χ0) is 8.60. The fraction of sp³-hybridized carbons (Fsp3) is 0.636. The van der Waals surface area contributed by atoms with Gasteiger partial charge in [-0.1, -0.05) is 25.2 Å². The van der Waals surface area contributed by atoms with Crippen LogP contribution in [-0.4, -0.2) is 12.7 Å². The average molecular weight is 164 g/mol. The summed E-state index contributed by atoms with van der Waals surface area (Å²) in [6, 6.07) is 0. The predicted octanol–water partition coefficient (Wildman–Crippen LogP) is 2.54. The number of fused-ring (bicyclic) bond motifs is 2. The molecule has 2 aliphatic carbocycles. The van der Waals surface area contributed by atoms with Gasteiger partial charge in [0.15, 0.2) is 0 Å². The van der Waals surface area contributed by atoms with Crippen LogP contribution in [0.1, 0.15) is 19.8 Å². The highest BCUT2D eigenvalue weighted by molar-refractivity contribution is 5.17. The minimum Gasteiger partial charge on any atom is -0.374 e. The van der Waals surface area contributed by atoms with Crippen LogP contribution in [-0.2, 0) is 4.74 Å². The van der Waals surface area contributed by atoms with E-state index in [4.69, 9.17) is 4.74 Å². The van der Waals surface area contributed by atoms with Crippen molar-refractivity contribution >= 4 is 0 Å². The van der Waals surface area contributed by atoms with Crippen molar-refractivity contribution in [2.75, 3.05) is 6.61 Å². The number of hydrogen-bond acceptors (Lipinski definition) is 1. The van der Waals surface area contributed by atoms with Gasteiger partial charge in [-0.15, -0.1) is 6.58 Å². The number of ether oxygens (including phenoxy) is 1. The summed E-state index contributed by atoms with van der Waals surface area (Å²) in [7, 11) is 0. The summed E-state index contributed by atoms with van der Waals surface area (Å²) in [6.07, 6.45) is 9.44. The van der Waals surface area contributed by atoms with E-state index in [2.05, 4.69) is 25.7 Å². The standard InChI is InChI=1S/C11H16O/c1-3-6-12-10-8-11(2)5-4-9(10)7-11/h3-5,9-10H,1,6-8H2,2H3.